The molecular formula is C26H30ClN3O4. The molecule has 0 radical (unpaired) electrons. The molecule has 0 atom stereocenters. The topological polar surface area (TPSA) is 72.0 Å². The van der Waals surface area contributed by atoms with Crippen molar-refractivity contribution >= 4 is 23.4 Å². The summed E-state index contributed by atoms with van der Waals surface area (Å²) in [5, 5.41) is 0.243. The monoisotopic (exact) mass is 483 g/mol. The zero-order chi connectivity index (χ0) is 23.9. The van der Waals surface area contributed by atoms with Gasteiger partial charge in [0, 0.05) is 37.8 Å². The van der Waals surface area contributed by atoms with Gasteiger partial charge in [-0.15, -0.1) is 0 Å². The third-order valence-corrected chi connectivity index (χ3v) is 8.06. The van der Waals surface area contributed by atoms with Gasteiger partial charge in [0.2, 0.25) is 11.8 Å². The molecule has 1 aromatic carbocycles. The summed E-state index contributed by atoms with van der Waals surface area (Å²) in [6.45, 7) is 2.92. The first-order valence-corrected chi connectivity index (χ1v) is 12.2. The van der Waals surface area contributed by atoms with Gasteiger partial charge < -0.3 is 19.3 Å². The molecule has 3 aliphatic rings. The van der Waals surface area contributed by atoms with Gasteiger partial charge >= 0.3 is 0 Å². The number of rotatable bonds is 5. The Labute approximate surface area is 205 Å². The van der Waals surface area contributed by atoms with Gasteiger partial charge in [0.05, 0.1) is 19.6 Å². The highest BCUT2D eigenvalue weighted by Gasteiger charge is 2.55. The fourth-order valence-electron chi connectivity index (χ4n) is 5.55. The zero-order valence-corrected chi connectivity index (χ0v) is 20.4. The molecule has 3 fully saturated rings. The van der Waals surface area contributed by atoms with Crippen molar-refractivity contribution < 1.29 is 19.1 Å². The lowest BCUT2D eigenvalue weighted by atomic mass is 9.77. The van der Waals surface area contributed by atoms with Crippen molar-refractivity contribution in [2.24, 2.45) is 5.41 Å². The smallest absolute Gasteiger partial charge is 0.254 e. The Hall–Kier alpha value is -2.80. The summed E-state index contributed by atoms with van der Waals surface area (Å²) < 4.78 is 10.4. The van der Waals surface area contributed by atoms with E-state index in [0.29, 0.717) is 24.5 Å². The number of carbonyl (C=O) groups excluding carboxylic acids is 2. The predicted octanol–water partition coefficient (Wildman–Crippen LogP) is 3.94. The van der Waals surface area contributed by atoms with Gasteiger partial charge in [0.15, 0.2) is 0 Å². The van der Waals surface area contributed by atoms with Crippen LogP contribution in [0.15, 0.2) is 36.4 Å². The molecule has 8 heteroatoms. The summed E-state index contributed by atoms with van der Waals surface area (Å²) in [5.74, 6) is 1.34. The van der Waals surface area contributed by atoms with Crippen LogP contribution >= 0.6 is 11.6 Å². The van der Waals surface area contributed by atoms with Crippen molar-refractivity contribution in [3.63, 3.8) is 0 Å². The zero-order valence-electron chi connectivity index (χ0n) is 19.7. The molecule has 2 aliphatic heterocycles. The van der Waals surface area contributed by atoms with Crippen LogP contribution in [0.3, 0.4) is 0 Å². The Morgan fingerprint density at radius 2 is 1.56 bits per heavy atom. The van der Waals surface area contributed by atoms with Crippen LogP contribution in [0.1, 0.15) is 48.0 Å². The number of hydrogen-bond donors (Lipinski definition) is 0. The number of likely N-dealkylation sites (tertiary alicyclic amines) is 2. The summed E-state index contributed by atoms with van der Waals surface area (Å²) in [7, 11) is 3.16. The van der Waals surface area contributed by atoms with Gasteiger partial charge in [-0.2, -0.15) is 0 Å². The molecule has 1 saturated carbocycles. The fourth-order valence-corrected chi connectivity index (χ4v) is 5.75. The Morgan fingerprint density at radius 3 is 2.15 bits per heavy atom. The number of benzene rings is 1. The SMILES string of the molecule is COc1ccc(C2(C(=O)N3CCC4(CCN(C(=O)c5cc(Cl)nc(OC)c5)CC4)C3)CC2)cc1. The summed E-state index contributed by atoms with van der Waals surface area (Å²) in [6.07, 6.45) is 4.60. The highest BCUT2D eigenvalue weighted by molar-refractivity contribution is 6.29. The van der Waals surface area contributed by atoms with E-state index in [2.05, 4.69) is 9.88 Å². The molecule has 1 aromatic heterocycles. The first kappa shape index (κ1) is 23.0. The van der Waals surface area contributed by atoms with E-state index in [1.165, 1.54) is 7.11 Å². The fraction of sp³-hybridized carbons (Fsp3) is 0.500. The minimum Gasteiger partial charge on any atom is -0.497 e. The molecule has 0 unspecified atom stereocenters. The standard InChI is InChI=1S/C26H30ClN3O4/c1-33-20-5-3-19(4-6-20)26(7-8-26)24(32)30-14-11-25(17-30)9-12-29(13-10-25)23(31)18-15-21(27)28-22(16-18)34-2/h3-6,15-16H,7-14,17H2,1-2H3. The second-order valence-electron chi connectivity index (χ2n) is 9.80. The predicted molar refractivity (Wildman–Crippen MR) is 128 cm³/mol. The van der Waals surface area contributed by atoms with Crippen molar-refractivity contribution in [1.29, 1.82) is 0 Å². The molecule has 1 spiro atoms. The van der Waals surface area contributed by atoms with Crippen LogP contribution in [0.5, 0.6) is 11.6 Å². The summed E-state index contributed by atoms with van der Waals surface area (Å²) in [5.41, 5.74) is 1.31. The van der Waals surface area contributed by atoms with Crippen LogP contribution in [-0.4, -0.2) is 67.0 Å². The third-order valence-electron chi connectivity index (χ3n) is 7.87. The Bertz CT molecular complexity index is 1090. The Balaban J connectivity index is 1.22. The molecule has 1 aliphatic carbocycles. The van der Waals surface area contributed by atoms with E-state index < -0.39 is 0 Å². The van der Waals surface area contributed by atoms with Crippen molar-refractivity contribution in [2.75, 3.05) is 40.4 Å². The molecule has 34 heavy (non-hydrogen) atoms. The molecule has 2 amide bonds. The molecule has 2 aromatic rings. The van der Waals surface area contributed by atoms with E-state index in [1.54, 1.807) is 19.2 Å². The third kappa shape index (κ3) is 4.11. The van der Waals surface area contributed by atoms with Crippen LogP contribution in [-0.2, 0) is 10.2 Å². The van der Waals surface area contributed by atoms with Crippen LogP contribution in [0.25, 0.3) is 0 Å². The Kier molecular flexibility index (Phi) is 5.92. The second-order valence-corrected chi connectivity index (χ2v) is 10.2. The Morgan fingerprint density at radius 1 is 0.912 bits per heavy atom. The normalized spacial score (nSPS) is 20.3. The van der Waals surface area contributed by atoms with Gasteiger partial charge in [-0.05, 0) is 61.3 Å². The lowest BCUT2D eigenvalue weighted by Gasteiger charge is -2.39. The summed E-state index contributed by atoms with van der Waals surface area (Å²) in [4.78, 5) is 34.6. The maximum absolute atomic E-state index is 13.6. The number of piperidine rings is 1. The average Bonchev–Trinajstić information content (AvgIpc) is 3.58. The number of amides is 2. The van der Waals surface area contributed by atoms with Gasteiger partial charge in [0.25, 0.3) is 5.91 Å². The molecule has 0 bridgehead atoms. The van der Waals surface area contributed by atoms with E-state index in [4.69, 9.17) is 21.1 Å². The number of ether oxygens (including phenoxy) is 2. The van der Waals surface area contributed by atoms with Crippen LogP contribution in [0.4, 0.5) is 0 Å². The first-order chi connectivity index (χ1) is 16.4. The second kappa shape index (κ2) is 8.77. The summed E-state index contributed by atoms with van der Waals surface area (Å²) >= 11 is 6.05. The van der Waals surface area contributed by atoms with E-state index in [9.17, 15) is 9.59 Å². The number of carbonyl (C=O) groups is 2. The van der Waals surface area contributed by atoms with Crippen molar-refractivity contribution in [3.05, 3.63) is 52.7 Å². The average molecular weight is 484 g/mol. The molecule has 180 valence electrons. The molecule has 0 N–H and O–H groups in total. The van der Waals surface area contributed by atoms with E-state index in [1.807, 2.05) is 29.2 Å². The van der Waals surface area contributed by atoms with E-state index >= 15 is 0 Å². The lowest BCUT2D eigenvalue weighted by Crippen LogP contribution is -2.45. The minimum absolute atomic E-state index is 0.0557. The number of hydrogen-bond acceptors (Lipinski definition) is 5. The molecule has 5 rings (SSSR count). The van der Waals surface area contributed by atoms with Crippen molar-refractivity contribution in [2.45, 2.75) is 37.5 Å². The lowest BCUT2D eigenvalue weighted by molar-refractivity contribution is -0.133. The van der Waals surface area contributed by atoms with Crippen LogP contribution < -0.4 is 9.47 Å². The molecule has 7 nitrogen and oxygen atoms in total. The van der Waals surface area contributed by atoms with E-state index in [-0.39, 0.29) is 27.8 Å². The van der Waals surface area contributed by atoms with Crippen molar-refractivity contribution in [3.8, 4) is 11.6 Å². The maximum atomic E-state index is 13.6. The molecular weight excluding hydrogens is 454 g/mol. The van der Waals surface area contributed by atoms with Crippen molar-refractivity contribution in [1.82, 2.24) is 14.8 Å². The largest absolute Gasteiger partial charge is 0.497 e. The van der Waals surface area contributed by atoms with Gasteiger partial charge in [-0.25, -0.2) is 4.98 Å². The number of methoxy groups -OCH3 is 2. The first-order valence-electron chi connectivity index (χ1n) is 11.8. The molecule has 3 heterocycles. The number of halogens is 1. The molecule has 2 saturated heterocycles. The van der Waals surface area contributed by atoms with Gasteiger partial charge in [-0.3, -0.25) is 9.59 Å². The van der Waals surface area contributed by atoms with Crippen LogP contribution in [0, 0.1) is 5.41 Å². The van der Waals surface area contributed by atoms with Crippen LogP contribution in [0.2, 0.25) is 5.15 Å². The minimum atomic E-state index is -0.367. The highest BCUT2D eigenvalue weighted by atomic mass is 35.5. The maximum Gasteiger partial charge on any atom is 0.254 e. The van der Waals surface area contributed by atoms with E-state index in [0.717, 1.165) is 56.5 Å². The number of aromatic nitrogens is 1. The highest BCUT2D eigenvalue weighted by Crippen LogP contribution is 2.52. The number of nitrogens with zero attached hydrogens (tertiary/aromatic N) is 3. The quantitative estimate of drug-likeness (QED) is 0.602. The summed E-state index contributed by atoms with van der Waals surface area (Å²) in [6, 6.07) is 11.1. The number of pyridine rings is 1. The van der Waals surface area contributed by atoms with Gasteiger partial charge in [0.1, 0.15) is 10.9 Å². The van der Waals surface area contributed by atoms with Gasteiger partial charge in [-0.1, -0.05) is 23.7 Å².